The van der Waals surface area contributed by atoms with Gasteiger partial charge in [0, 0.05) is 22.9 Å². The number of aromatic amines is 2. The van der Waals surface area contributed by atoms with E-state index in [0.717, 1.165) is 16.0 Å². The molecule has 0 atom stereocenters. The van der Waals surface area contributed by atoms with Crippen molar-refractivity contribution in [1.29, 1.82) is 0 Å². The molecule has 0 radical (unpaired) electrons. The number of H-pyrrole nitrogens is 2. The monoisotopic (exact) mass is 340 g/mol. The van der Waals surface area contributed by atoms with E-state index in [2.05, 4.69) is 35.8 Å². The molecule has 0 saturated carbocycles. The van der Waals surface area contributed by atoms with Gasteiger partial charge < -0.3 is 4.90 Å². The molecule has 0 fully saturated rings. The molecule has 10 heteroatoms. The number of thiophene rings is 1. The lowest BCUT2D eigenvalue weighted by atomic mass is 10.2. The first-order chi connectivity index (χ1) is 11.7. The number of fused-ring (bicyclic) bond motifs is 1. The van der Waals surface area contributed by atoms with Crippen LogP contribution in [-0.2, 0) is 6.54 Å². The van der Waals surface area contributed by atoms with Crippen molar-refractivity contribution in [3.05, 3.63) is 40.3 Å². The van der Waals surface area contributed by atoms with E-state index < -0.39 is 0 Å². The molecule has 4 heterocycles. The van der Waals surface area contributed by atoms with Crippen LogP contribution in [0.25, 0.3) is 22.4 Å². The largest absolute Gasteiger partial charge is 0.335 e. The van der Waals surface area contributed by atoms with Crippen LogP contribution >= 0.6 is 11.3 Å². The van der Waals surface area contributed by atoms with Crippen molar-refractivity contribution in [1.82, 2.24) is 40.7 Å². The van der Waals surface area contributed by atoms with Crippen LogP contribution in [0.1, 0.15) is 15.4 Å². The number of hydrogen-bond donors (Lipinski definition) is 2. The van der Waals surface area contributed by atoms with Gasteiger partial charge in [0.05, 0.1) is 18.3 Å². The molecular formula is C14H12N8OS. The summed E-state index contributed by atoms with van der Waals surface area (Å²) < 4.78 is 0. The molecule has 24 heavy (non-hydrogen) atoms. The van der Waals surface area contributed by atoms with Gasteiger partial charge in [0.25, 0.3) is 5.91 Å². The Balaban J connectivity index is 1.51. The zero-order chi connectivity index (χ0) is 16.5. The van der Waals surface area contributed by atoms with Crippen LogP contribution in [0.5, 0.6) is 0 Å². The Labute approximate surface area is 139 Å². The van der Waals surface area contributed by atoms with Gasteiger partial charge in [-0.3, -0.25) is 9.89 Å². The van der Waals surface area contributed by atoms with Gasteiger partial charge in [-0.05, 0) is 23.4 Å². The summed E-state index contributed by atoms with van der Waals surface area (Å²) in [6, 6.07) is 5.44. The molecule has 0 unspecified atom stereocenters. The highest BCUT2D eigenvalue weighted by Crippen LogP contribution is 2.23. The third-order valence-electron chi connectivity index (χ3n) is 3.51. The lowest BCUT2D eigenvalue weighted by Crippen LogP contribution is -2.26. The number of hydrogen-bond acceptors (Lipinski definition) is 7. The molecule has 9 nitrogen and oxygen atoms in total. The van der Waals surface area contributed by atoms with E-state index in [1.54, 1.807) is 41.6 Å². The first-order valence-electron chi connectivity index (χ1n) is 7.07. The second kappa shape index (κ2) is 5.81. The molecule has 0 aliphatic heterocycles. The number of nitrogens with zero attached hydrogens (tertiary/aromatic N) is 6. The Morgan fingerprint density at radius 3 is 3.12 bits per heavy atom. The van der Waals surface area contributed by atoms with E-state index in [9.17, 15) is 4.79 Å². The van der Waals surface area contributed by atoms with Crippen LogP contribution in [0.4, 0.5) is 0 Å². The van der Waals surface area contributed by atoms with Gasteiger partial charge in [0.15, 0.2) is 0 Å². The van der Waals surface area contributed by atoms with Crippen LogP contribution < -0.4 is 0 Å². The Morgan fingerprint density at radius 2 is 2.29 bits per heavy atom. The van der Waals surface area contributed by atoms with Crippen molar-refractivity contribution < 1.29 is 4.79 Å². The second-order valence-electron chi connectivity index (χ2n) is 5.20. The van der Waals surface area contributed by atoms with Crippen LogP contribution in [0, 0.1) is 0 Å². The number of carbonyl (C=O) groups excluding carboxylic acids is 1. The van der Waals surface area contributed by atoms with Gasteiger partial charge in [0.2, 0.25) is 5.82 Å². The summed E-state index contributed by atoms with van der Waals surface area (Å²) in [4.78, 5) is 19.5. The third kappa shape index (κ3) is 2.63. The SMILES string of the molecule is CN(Cc1cc(-c2nn[nH]n2)cs1)C(=O)c1ccc2[nH]ncc2n1. The van der Waals surface area contributed by atoms with Crippen LogP contribution in [0.3, 0.4) is 0 Å². The fourth-order valence-corrected chi connectivity index (χ4v) is 3.23. The molecule has 0 aromatic carbocycles. The highest BCUT2D eigenvalue weighted by molar-refractivity contribution is 7.10. The van der Waals surface area contributed by atoms with Gasteiger partial charge in [-0.15, -0.1) is 21.5 Å². The topological polar surface area (TPSA) is 116 Å². The first kappa shape index (κ1) is 14.5. The molecule has 4 aromatic rings. The third-order valence-corrected chi connectivity index (χ3v) is 4.43. The molecule has 120 valence electrons. The van der Waals surface area contributed by atoms with Crippen LogP contribution in [0.2, 0.25) is 0 Å². The zero-order valence-corrected chi connectivity index (χ0v) is 13.4. The van der Waals surface area contributed by atoms with Crippen molar-refractivity contribution >= 4 is 28.3 Å². The molecule has 0 spiro atoms. The highest BCUT2D eigenvalue weighted by atomic mass is 32.1. The maximum atomic E-state index is 12.5. The quantitative estimate of drug-likeness (QED) is 0.581. The van der Waals surface area contributed by atoms with Crippen molar-refractivity contribution in [2.45, 2.75) is 6.54 Å². The summed E-state index contributed by atoms with van der Waals surface area (Å²) in [7, 11) is 1.75. The van der Waals surface area contributed by atoms with E-state index in [4.69, 9.17) is 0 Å². The second-order valence-corrected chi connectivity index (χ2v) is 6.19. The standard InChI is InChI=1S/C14H12N8OS/c1-22(6-9-4-8(7-24-9)13-18-20-21-19-13)14(23)11-3-2-10-12(16-11)5-15-17-10/h2-5,7H,6H2,1H3,(H,15,17)(H,18,19,20,21). The van der Waals surface area contributed by atoms with Crippen molar-refractivity contribution in [2.24, 2.45) is 0 Å². The molecule has 0 saturated heterocycles. The number of rotatable bonds is 4. The Kier molecular flexibility index (Phi) is 3.50. The Morgan fingerprint density at radius 1 is 1.38 bits per heavy atom. The predicted molar refractivity (Wildman–Crippen MR) is 87.2 cm³/mol. The number of aromatic nitrogens is 7. The van der Waals surface area contributed by atoms with E-state index >= 15 is 0 Å². The maximum absolute atomic E-state index is 12.5. The smallest absolute Gasteiger partial charge is 0.272 e. The minimum atomic E-state index is -0.146. The Bertz CT molecular complexity index is 989. The average Bonchev–Trinajstić information content (AvgIpc) is 3.33. The maximum Gasteiger partial charge on any atom is 0.272 e. The molecule has 4 aromatic heterocycles. The Hall–Kier alpha value is -3.14. The van der Waals surface area contributed by atoms with Crippen molar-refractivity contribution in [3.63, 3.8) is 0 Å². The van der Waals surface area contributed by atoms with Gasteiger partial charge in [0.1, 0.15) is 11.2 Å². The molecule has 1 amide bonds. The van der Waals surface area contributed by atoms with Gasteiger partial charge in [-0.1, -0.05) is 0 Å². The van der Waals surface area contributed by atoms with Crippen molar-refractivity contribution in [2.75, 3.05) is 7.05 Å². The van der Waals surface area contributed by atoms with Gasteiger partial charge in [-0.2, -0.15) is 10.3 Å². The van der Waals surface area contributed by atoms with Crippen LogP contribution in [0.15, 0.2) is 29.8 Å². The molecular weight excluding hydrogens is 328 g/mol. The summed E-state index contributed by atoms with van der Waals surface area (Å²) in [5, 5.41) is 22.5. The van der Waals surface area contributed by atoms with E-state index in [0.29, 0.717) is 23.6 Å². The lowest BCUT2D eigenvalue weighted by molar-refractivity contribution is 0.0781. The number of pyridine rings is 1. The van der Waals surface area contributed by atoms with E-state index in [-0.39, 0.29) is 5.91 Å². The zero-order valence-electron chi connectivity index (χ0n) is 12.6. The minimum Gasteiger partial charge on any atom is -0.335 e. The number of carbonyl (C=O) groups is 1. The summed E-state index contributed by atoms with van der Waals surface area (Å²) in [5.41, 5.74) is 2.74. The summed E-state index contributed by atoms with van der Waals surface area (Å²) >= 11 is 1.54. The normalized spacial score (nSPS) is 11.0. The molecule has 0 aliphatic carbocycles. The summed E-state index contributed by atoms with van der Waals surface area (Å²) in [6.07, 6.45) is 1.60. The number of tetrazole rings is 1. The fraction of sp³-hybridized carbons (Fsp3) is 0.143. The lowest BCUT2D eigenvalue weighted by Gasteiger charge is -2.15. The molecule has 0 bridgehead atoms. The summed E-state index contributed by atoms with van der Waals surface area (Å²) in [6.45, 7) is 0.479. The first-order valence-corrected chi connectivity index (χ1v) is 7.95. The number of nitrogens with one attached hydrogen (secondary N) is 2. The van der Waals surface area contributed by atoms with Gasteiger partial charge in [-0.25, -0.2) is 4.98 Å². The minimum absolute atomic E-state index is 0.146. The fourth-order valence-electron chi connectivity index (χ4n) is 2.32. The average molecular weight is 340 g/mol. The predicted octanol–water partition coefficient (Wildman–Crippen LogP) is 1.47. The van der Waals surface area contributed by atoms with E-state index in [1.807, 2.05) is 11.4 Å². The highest BCUT2D eigenvalue weighted by Gasteiger charge is 2.16. The number of amides is 1. The van der Waals surface area contributed by atoms with Gasteiger partial charge >= 0.3 is 0 Å². The molecule has 4 rings (SSSR count). The van der Waals surface area contributed by atoms with Crippen LogP contribution in [-0.4, -0.2) is 53.7 Å². The molecule has 0 aliphatic rings. The van der Waals surface area contributed by atoms with E-state index in [1.165, 1.54) is 0 Å². The molecule has 2 N–H and O–H groups in total. The van der Waals surface area contributed by atoms with Crippen molar-refractivity contribution in [3.8, 4) is 11.4 Å². The summed E-state index contributed by atoms with van der Waals surface area (Å²) in [5.74, 6) is 0.395.